The molecular formula is C6H9N3O3. The molecule has 6 heteroatoms. The van der Waals surface area contributed by atoms with E-state index in [9.17, 15) is 0 Å². The fraction of sp³-hybridized carbons (Fsp3) is 0.333. The van der Waals surface area contributed by atoms with Crippen molar-refractivity contribution >= 4 is 0 Å². The predicted molar refractivity (Wildman–Crippen MR) is 38.6 cm³/mol. The van der Waals surface area contributed by atoms with Crippen molar-refractivity contribution in [3.63, 3.8) is 0 Å². The summed E-state index contributed by atoms with van der Waals surface area (Å²) in [5.74, 6) is 0. The first-order valence-electron chi connectivity index (χ1n) is 3.54. The van der Waals surface area contributed by atoms with Crippen LogP contribution in [0.4, 0.5) is 0 Å². The maximum Gasteiger partial charge on any atom is 0.138 e. The lowest BCUT2D eigenvalue weighted by Crippen LogP contribution is -2.38. The summed E-state index contributed by atoms with van der Waals surface area (Å²) >= 11 is 0. The van der Waals surface area contributed by atoms with Gasteiger partial charge in [-0.2, -0.15) is 5.48 Å². The van der Waals surface area contributed by atoms with Crippen LogP contribution in [0.3, 0.4) is 0 Å². The molecule has 0 bridgehead atoms. The van der Waals surface area contributed by atoms with Gasteiger partial charge in [0.05, 0.1) is 18.8 Å². The Bertz CT molecular complexity index is 202. The average molecular weight is 171 g/mol. The van der Waals surface area contributed by atoms with E-state index in [1.54, 1.807) is 0 Å². The highest BCUT2D eigenvalue weighted by molar-refractivity contribution is 5.29. The van der Waals surface area contributed by atoms with E-state index in [2.05, 4.69) is 26.4 Å². The van der Waals surface area contributed by atoms with Crippen molar-refractivity contribution in [1.29, 1.82) is 0 Å². The zero-order valence-electron chi connectivity index (χ0n) is 6.29. The van der Waals surface area contributed by atoms with E-state index in [0.717, 1.165) is 11.3 Å². The smallest absolute Gasteiger partial charge is 0.138 e. The molecule has 0 aromatic carbocycles. The van der Waals surface area contributed by atoms with Crippen molar-refractivity contribution < 1.29 is 14.7 Å². The number of nitrogens with one attached hydrogen (secondary N) is 3. The third-order valence-electron chi connectivity index (χ3n) is 1.53. The highest BCUT2D eigenvalue weighted by Gasteiger charge is 2.11. The second kappa shape index (κ2) is 3.55. The van der Waals surface area contributed by atoms with E-state index in [4.69, 9.17) is 4.84 Å². The summed E-state index contributed by atoms with van der Waals surface area (Å²) in [6, 6.07) is 0. The van der Waals surface area contributed by atoms with E-state index in [0.29, 0.717) is 13.2 Å². The van der Waals surface area contributed by atoms with Crippen LogP contribution in [0, 0.1) is 0 Å². The predicted octanol–water partition coefficient (Wildman–Crippen LogP) is -0.740. The molecule has 3 N–H and O–H groups in total. The lowest BCUT2D eigenvalue weighted by atomic mass is 10.2. The monoisotopic (exact) mass is 171 g/mol. The van der Waals surface area contributed by atoms with Gasteiger partial charge >= 0.3 is 0 Å². The Hall–Kier alpha value is -1.08. The molecule has 0 radical (unpaired) electrons. The van der Waals surface area contributed by atoms with Crippen LogP contribution < -0.4 is 16.5 Å². The summed E-state index contributed by atoms with van der Waals surface area (Å²) in [4.78, 5) is 13.9. The Morgan fingerprint density at radius 1 is 1.42 bits per heavy atom. The van der Waals surface area contributed by atoms with Crippen molar-refractivity contribution in [2.45, 2.75) is 0 Å². The van der Waals surface area contributed by atoms with E-state index in [1.807, 2.05) is 6.08 Å². The Kier molecular flexibility index (Phi) is 2.23. The molecule has 2 aliphatic rings. The molecule has 2 aliphatic heterocycles. The van der Waals surface area contributed by atoms with Crippen LogP contribution in [0.1, 0.15) is 0 Å². The second-order valence-electron chi connectivity index (χ2n) is 2.30. The highest BCUT2D eigenvalue weighted by atomic mass is 17.3. The number of hydrogen-bond donors (Lipinski definition) is 3. The van der Waals surface area contributed by atoms with Crippen molar-refractivity contribution in [3.05, 3.63) is 23.6 Å². The van der Waals surface area contributed by atoms with Gasteiger partial charge in [0.25, 0.3) is 0 Å². The normalized spacial score (nSPS) is 23.3. The molecule has 0 saturated carbocycles. The molecular weight excluding hydrogens is 162 g/mol. The van der Waals surface area contributed by atoms with Crippen molar-refractivity contribution in [2.75, 3.05) is 13.2 Å². The van der Waals surface area contributed by atoms with Crippen LogP contribution in [0.2, 0.25) is 0 Å². The minimum atomic E-state index is 0.528. The first-order chi connectivity index (χ1) is 5.97. The maximum absolute atomic E-state index is 4.83. The molecule has 0 saturated heterocycles. The van der Waals surface area contributed by atoms with Crippen molar-refractivity contribution in [1.82, 2.24) is 16.5 Å². The molecule has 0 atom stereocenters. The van der Waals surface area contributed by atoms with Gasteiger partial charge in [-0.3, -0.25) is 10.3 Å². The van der Waals surface area contributed by atoms with Crippen LogP contribution in [-0.2, 0) is 14.7 Å². The summed E-state index contributed by atoms with van der Waals surface area (Å²) in [6.45, 7) is 1.13. The molecule has 0 amide bonds. The number of hydroxylamine groups is 1. The Balaban J connectivity index is 2.06. The summed E-state index contributed by atoms with van der Waals surface area (Å²) < 4.78 is 0. The molecule has 6 nitrogen and oxygen atoms in total. The van der Waals surface area contributed by atoms with Gasteiger partial charge in [0, 0.05) is 5.57 Å². The third kappa shape index (κ3) is 1.56. The maximum atomic E-state index is 4.83. The molecule has 0 aliphatic carbocycles. The fourth-order valence-electron chi connectivity index (χ4n) is 0.944. The molecule has 0 fully saturated rings. The highest BCUT2D eigenvalue weighted by Crippen LogP contribution is 2.09. The van der Waals surface area contributed by atoms with Gasteiger partial charge in [0.15, 0.2) is 0 Å². The van der Waals surface area contributed by atoms with Gasteiger partial charge in [-0.15, -0.1) is 5.59 Å². The molecule has 0 aromatic rings. The summed E-state index contributed by atoms with van der Waals surface area (Å²) in [5.41, 5.74) is 9.87. The first-order valence-corrected chi connectivity index (χ1v) is 3.54. The van der Waals surface area contributed by atoms with Gasteiger partial charge in [0.2, 0.25) is 0 Å². The van der Waals surface area contributed by atoms with Crippen molar-refractivity contribution in [2.24, 2.45) is 0 Å². The van der Waals surface area contributed by atoms with Crippen LogP contribution >= 0.6 is 0 Å². The average Bonchev–Trinajstić information content (AvgIpc) is 2.21. The molecule has 0 unspecified atom stereocenters. The van der Waals surface area contributed by atoms with Crippen molar-refractivity contribution in [3.8, 4) is 0 Å². The lowest BCUT2D eigenvalue weighted by molar-refractivity contribution is -0.302. The Morgan fingerprint density at radius 2 is 2.42 bits per heavy atom. The lowest BCUT2D eigenvalue weighted by Gasteiger charge is -2.20. The molecule has 2 heterocycles. The Labute approximate surface area is 69.0 Å². The summed E-state index contributed by atoms with van der Waals surface area (Å²) in [5, 5.41) is 0. The van der Waals surface area contributed by atoms with E-state index in [1.165, 1.54) is 6.26 Å². The minimum Gasteiger partial charge on any atom is -0.327 e. The SMILES string of the molecule is C1=C(C2=CCONN2)CNOO1. The number of hydrogen-bond acceptors (Lipinski definition) is 6. The van der Waals surface area contributed by atoms with Crippen LogP contribution in [0.5, 0.6) is 0 Å². The standard InChI is InChI=1S/C6H9N3O3/c1-2-10-9-8-6(1)5-3-7-12-11-4-5/h1,4,7-9H,2-3H2. The van der Waals surface area contributed by atoms with E-state index in [-0.39, 0.29) is 0 Å². The van der Waals surface area contributed by atoms with Crippen LogP contribution in [-0.4, -0.2) is 13.2 Å². The molecule has 2 rings (SSSR count). The van der Waals surface area contributed by atoms with Gasteiger partial charge in [-0.05, 0) is 6.08 Å². The first kappa shape index (κ1) is 7.56. The molecule has 0 aromatic heterocycles. The largest absolute Gasteiger partial charge is 0.327 e. The Morgan fingerprint density at radius 3 is 3.08 bits per heavy atom. The van der Waals surface area contributed by atoms with Gasteiger partial charge in [-0.25, -0.2) is 0 Å². The van der Waals surface area contributed by atoms with Crippen LogP contribution in [0.25, 0.3) is 0 Å². The number of rotatable bonds is 1. The van der Waals surface area contributed by atoms with Crippen LogP contribution in [0.15, 0.2) is 23.6 Å². The van der Waals surface area contributed by atoms with Gasteiger partial charge < -0.3 is 4.89 Å². The van der Waals surface area contributed by atoms with E-state index < -0.39 is 0 Å². The molecule has 66 valence electrons. The third-order valence-corrected chi connectivity index (χ3v) is 1.53. The van der Waals surface area contributed by atoms with Gasteiger partial charge in [0.1, 0.15) is 6.26 Å². The molecule has 0 spiro atoms. The quantitative estimate of drug-likeness (QED) is 0.452. The van der Waals surface area contributed by atoms with Gasteiger partial charge in [-0.1, -0.05) is 4.99 Å². The fourth-order valence-corrected chi connectivity index (χ4v) is 0.944. The molecule has 12 heavy (non-hydrogen) atoms. The zero-order valence-corrected chi connectivity index (χ0v) is 6.29. The number of hydrazine groups is 1. The minimum absolute atomic E-state index is 0.528. The topological polar surface area (TPSA) is 63.8 Å². The second-order valence-corrected chi connectivity index (χ2v) is 2.30. The summed E-state index contributed by atoms with van der Waals surface area (Å²) in [7, 11) is 0. The summed E-state index contributed by atoms with van der Waals surface area (Å²) in [6.07, 6.45) is 3.43. The van der Waals surface area contributed by atoms with E-state index >= 15 is 0 Å². The zero-order chi connectivity index (χ0) is 8.23.